The topological polar surface area (TPSA) is 75.3 Å². The molecule has 0 radical (unpaired) electrons. The van der Waals surface area contributed by atoms with E-state index in [1.807, 2.05) is 5.38 Å². The van der Waals surface area contributed by atoms with Gasteiger partial charge in [0.15, 0.2) is 0 Å². The molecule has 0 atom stereocenters. The molecule has 0 aliphatic carbocycles. The molecule has 1 amide bonds. The molecule has 102 valence electrons. The van der Waals surface area contributed by atoms with Gasteiger partial charge < -0.3 is 5.32 Å². The highest BCUT2D eigenvalue weighted by molar-refractivity contribution is 7.91. The summed E-state index contributed by atoms with van der Waals surface area (Å²) in [6.45, 7) is 0.415. The summed E-state index contributed by atoms with van der Waals surface area (Å²) in [6, 6.07) is 6.73. The molecule has 8 heteroatoms. The Labute approximate surface area is 119 Å². The highest BCUT2D eigenvalue weighted by Gasteiger charge is 2.14. The van der Waals surface area contributed by atoms with Crippen LogP contribution < -0.4 is 10.0 Å². The predicted molar refractivity (Wildman–Crippen MR) is 76.2 cm³/mol. The molecule has 0 aliphatic heterocycles. The van der Waals surface area contributed by atoms with Gasteiger partial charge in [0.2, 0.25) is 10.0 Å². The fraction of sp³-hybridized carbons (Fsp3) is 0.182. The second-order valence-corrected chi connectivity index (χ2v) is 7.45. The van der Waals surface area contributed by atoms with Crippen LogP contribution in [0.3, 0.4) is 0 Å². The number of rotatable bonds is 6. The fourth-order valence-electron chi connectivity index (χ4n) is 1.34. The summed E-state index contributed by atoms with van der Waals surface area (Å²) in [7, 11) is -3.45. The summed E-state index contributed by atoms with van der Waals surface area (Å²) >= 11 is 2.50. The molecule has 0 aliphatic rings. The molecule has 0 saturated carbocycles. The van der Waals surface area contributed by atoms with Crippen molar-refractivity contribution < 1.29 is 13.2 Å². The maximum Gasteiger partial charge on any atom is 0.261 e. The SMILES string of the molecule is O=C(NCCNS(=O)(=O)c1cccs1)c1cccs1. The molecule has 0 unspecified atom stereocenters. The normalized spacial score (nSPS) is 11.4. The zero-order valence-electron chi connectivity index (χ0n) is 9.83. The molecule has 0 saturated heterocycles. The van der Waals surface area contributed by atoms with Crippen LogP contribution in [-0.4, -0.2) is 27.4 Å². The molecule has 2 aromatic heterocycles. The van der Waals surface area contributed by atoms with Crippen molar-refractivity contribution in [1.82, 2.24) is 10.0 Å². The number of thiophene rings is 2. The van der Waals surface area contributed by atoms with E-state index >= 15 is 0 Å². The lowest BCUT2D eigenvalue weighted by molar-refractivity contribution is 0.0958. The molecule has 2 N–H and O–H groups in total. The highest BCUT2D eigenvalue weighted by Crippen LogP contribution is 2.14. The Kier molecular flexibility index (Phi) is 4.70. The smallest absolute Gasteiger partial charge is 0.261 e. The van der Waals surface area contributed by atoms with Crippen LogP contribution in [0.2, 0.25) is 0 Å². The first kappa shape index (κ1) is 14.2. The molecule has 0 fully saturated rings. The second kappa shape index (κ2) is 6.29. The third kappa shape index (κ3) is 3.87. The van der Waals surface area contributed by atoms with Crippen LogP contribution in [0.15, 0.2) is 39.2 Å². The van der Waals surface area contributed by atoms with Gasteiger partial charge in [-0.2, -0.15) is 0 Å². The van der Waals surface area contributed by atoms with Gasteiger partial charge in [-0.3, -0.25) is 4.79 Å². The lowest BCUT2D eigenvalue weighted by Gasteiger charge is -2.05. The fourth-order valence-corrected chi connectivity index (χ4v) is 4.05. The number of hydrogen-bond acceptors (Lipinski definition) is 5. The predicted octanol–water partition coefficient (Wildman–Crippen LogP) is 1.52. The van der Waals surface area contributed by atoms with Crippen molar-refractivity contribution in [2.24, 2.45) is 0 Å². The number of amides is 1. The van der Waals surface area contributed by atoms with E-state index in [1.165, 1.54) is 17.4 Å². The number of carbonyl (C=O) groups excluding carboxylic acids is 1. The van der Waals surface area contributed by atoms with Crippen molar-refractivity contribution >= 4 is 38.6 Å². The third-order valence-corrected chi connectivity index (χ3v) is 5.93. The average Bonchev–Trinajstić information content (AvgIpc) is 3.04. The molecule has 2 aromatic rings. The van der Waals surface area contributed by atoms with Crippen molar-refractivity contribution in [2.75, 3.05) is 13.1 Å². The van der Waals surface area contributed by atoms with Crippen LogP contribution in [0.25, 0.3) is 0 Å². The molecular weight excluding hydrogens is 304 g/mol. The minimum atomic E-state index is -3.45. The maximum absolute atomic E-state index is 11.8. The van der Waals surface area contributed by atoms with Crippen LogP contribution in [-0.2, 0) is 10.0 Å². The number of carbonyl (C=O) groups is 1. The maximum atomic E-state index is 11.8. The highest BCUT2D eigenvalue weighted by atomic mass is 32.2. The van der Waals surface area contributed by atoms with Crippen LogP contribution in [0.5, 0.6) is 0 Å². The van der Waals surface area contributed by atoms with Crippen LogP contribution in [0, 0.1) is 0 Å². The van der Waals surface area contributed by atoms with Gasteiger partial charge in [-0.15, -0.1) is 22.7 Å². The lowest BCUT2D eigenvalue weighted by Crippen LogP contribution is -2.34. The summed E-state index contributed by atoms with van der Waals surface area (Å²) in [4.78, 5) is 12.2. The van der Waals surface area contributed by atoms with Crippen molar-refractivity contribution in [3.63, 3.8) is 0 Å². The molecule has 0 aromatic carbocycles. The summed E-state index contributed by atoms with van der Waals surface area (Å²) in [5.41, 5.74) is 0. The van der Waals surface area contributed by atoms with Gasteiger partial charge in [-0.1, -0.05) is 12.1 Å². The number of sulfonamides is 1. The van der Waals surface area contributed by atoms with Crippen molar-refractivity contribution in [1.29, 1.82) is 0 Å². The molecular formula is C11H12N2O3S3. The molecule has 5 nitrogen and oxygen atoms in total. The van der Waals surface area contributed by atoms with Gasteiger partial charge in [-0.05, 0) is 22.9 Å². The van der Waals surface area contributed by atoms with E-state index in [2.05, 4.69) is 10.0 Å². The number of hydrogen-bond donors (Lipinski definition) is 2. The Morgan fingerprint density at radius 3 is 2.47 bits per heavy atom. The van der Waals surface area contributed by atoms with Gasteiger partial charge in [-0.25, -0.2) is 13.1 Å². The van der Waals surface area contributed by atoms with E-state index in [0.717, 1.165) is 11.3 Å². The molecule has 2 heterocycles. The summed E-state index contributed by atoms with van der Waals surface area (Å²) < 4.78 is 26.2. The molecule has 19 heavy (non-hydrogen) atoms. The minimum absolute atomic E-state index is 0.164. The van der Waals surface area contributed by atoms with Gasteiger partial charge >= 0.3 is 0 Å². The zero-order valence-corrected chi connectivity index (χ0v) is 12.3. The van der Waals surface area contributed by atoms with Gasteiger partial charge in [0.05, 0.1) is 4.88 Å². The van der Waals surface area contributed by atoms with E-state index < -0.39 is 10.0 Å². The largest absolute Gasteiger partial charge is 0.350 e. The Hall–Kier alpha value is -1.22. The van der Waals surface area contributed by atoms with E-state index in [1.54, 1.807) is 23.6 Å². The van der Waals surface area contributed by atoms with Gasteiger partial charge in [0.1, 0.15) is 4.21 Å². The Morgan fingerprint density at radius 2 is 1.84 bits per heavy atom. The van der Waals surface area contributed by atoms with Crippen LogP contribution in [0.1, 0.15) is 9.67 Å². The summed E-state index contributed by atoms with van der Waals surface area (Å²) in [5.74, 6) is -0.190. The summed E-state index contributed by atoms with van der Waals surface area (Å²) in [5, 5.41) is 6.17. The van der Waals surface area contributed by atoms with Gasteiger partial charge in [0, 0.05) is 13.1 Å². The molecule has 0 bridgehead atoms. The van der Waals surface area contributed by atoms with Gasteiger partial charge in [0.25, 0.3) is 5.91 Å². The zero-order chi connectivity index (χ0) is 13.7. The first-order valence-corrected chi connectivity index (χ1v) is 8.69. The Balaban J connectivity index is 1.77. The average molecular weight is 316 g/mol. The van der Waals surface area contributed by atoms with Crippen molar-refractivity contribution in [2.45, 2.75) is 4.21 Å². The monoisotopic (exact) mass is 316 g/mol. The second-order valence-electron chi connectivity index (χ2n) is 3.56. The van der Waals surface area contributed by atoms with Crippen molar-refractivity contribution in [3.8, 4) is 0 Å². The number of nitrogens with one attached hydrogen (secondary N) is 2. The van der Waals surface area contributed by atoms with E-state index in [9.17, 15) is 13.2 Å². The molecule has 0 spiro atoms. The van der Waals surface area contributed by atoms with E-state index in [0.29, 0.717) is 4.88 Å². The first-order chi connectivity index (χ1) is 9.09. The quantitative estimate of drug-likeness (QED) is 0.793. The molecule has 2 rings (SSSR count). The Bertz CT molecular complexity index is 618. The van der Waals surface area contributed by atoms with Crippen LogP contribution in [0.4, 0.5) is 0 Å². The van der Waals surface area contributed by atoms with E-state index in [-0.39, 0.29) is 23.2 Å². The third-order valence-electron chi connectivity index (χ3n) is 2.21. The Morgan fingerprint density at radius 1 is 1.11 bits per heavy atom. The van der Waals surface area contributed by atoms with Crippen molar-refractivity contribution in [3.05, 3.63) is 39.9 Å². The standard InChI is InChI=1S/C11H12N2O3S3/c14-11(9-3-1-7-17-9)12-5-6-13-19(15,16)10-4-2-8-18-10/h1-4,7-8,13H,5-6H2,(H,12,14). The lowest BCUT2D eigenvalue weighted by atomic mass is 10.4. The minimum Gasteiger partial charge on any atom is -0.350 e. The van der Waals surface area contributed by atoms with E-state index in [4.69, 9.17) is 0 Å². The summed E-state index contributed by atoms with van der Waals surface area (Å²) in [6.07, 6.45) is 0. The van der Waals surface area contributed by atoms with Crippen LogP contribution >= 0.6 is 22.7 Å². The first-order valence-electron chi connectivity index (χ1n) is 5.44.